The fourth-order valence-corrected chi connectivity index (χ4v) is 1.06. The first kappa shape index (κ1) is 10.9. The molecule has 0 bridgehead atoms. The first-order valence-corrected chi connectivity index (χ1v) is 4.21. The summed E-state index contributed by atoms with van der Waals surface area (Å²) >= 11 is 0. The van der Waals surface area contributed by atoms with E-state index in [1.54, 1.807) is 7.05 Å². The van der Waals surface area contributed by atoms with Crippen LogP contribution in [0.1, 0.15) is 0 Å². The highest BCUT2D eigenvalue weighted by Gasteiger charge is 2.09. The number of carbonyl (C=O) groups is 1. The Hall–Kier alpha value is -2.17. The molecule has 5 nitrogen and oxygen atoms in total. The number of non-ortho nitro benzene ring substituents is 1. The van der Waals surface area contributed by atoms with Crippen molar-refractivity contribution < 1.29 is 9.72 Å². The van der Waals surface area contributed by atoms with Crippen LogP contribution in [0.15, 0.2) is 36.9 Å². The molecule has 0 aromatic heterocycles. The summed E-state index contributed by atoms with van der Waals surface area (Å²) < 4.78 is 0. The van der Waals surface area contributed by atoms with E-state index in [2.05, 4.69) is 6.58 Å². The quantitative estimate of drug-likeness (QED) is 0.430. The fourth-order valence-electron chi connectivity index (χ4n) is 1.06. The molecule has 1 amide bonds. The summed E-state index contributed by atoms with van der Waals surface area (Å²) in [5, 5.41) is 10.4. The Morgan fingerprint density at radius 3 is 2.40 bits per heavy atom. The summed E-state index contributed by atoms with van der Waals surface area (Å²) in [7, 11) is 1.57. The fraction of sp³-hybridized carbons (Fsp3) is 0.100. The van der Waals surface area contributed by atoms with E-state index in [0.717, 1.165) is 0 Å². The predicted molar refractivity (Wildman–Crippen MR) is 56.7 cm³/mol. The molecular formula is C10H10N2O3. The van der Waals surface area contributed by atoms with Crippen molar-refractivity contribution in [2.24, 2.45) is 0 Å². The molecule has 0 fully saturated rings. The van der Waals surface area contributed by atoms with Crippen molar-refractivity contribution in [3.8, 4) is 0 Å². The van der Waals surface area contributed by atoms with Gasteiger partial charge < -0.3 is 4.90 Å². The van der Waals surface area contributed by atoms with E-state index in [4.69, 9.17) is 0 Å². The van der Waals surface area contributed by atoms with E-state index in [-0.39, 0.29) is 11.6 Å². The number of rotatable bonds is 3. The molecule has 1 aromatic carbocycles. The van der Waals surface area contributed by atoms with Gasteiger partial charge >= 0.3 is 0 Å². The Bertz CT molecular complexity index is 398. The topological polar surface area (TPSA) is 63.5 Å². The van der Waals surface area contributed by atoms with Gasteiger partial charge in [-0.1, -0.05) is 6.58 Å². The van der Waals surface area contributed by atoms with Crippen LogP contribution in [0, 0.1) is 10.1 Å². The minimum atomic E-state index is -0.487. The Morgan fingerprint density at radius 1 is 1.47 bits per heavy atom. The number of hydrogen-bond acceptors (Lipinski definition) is 3. The zero-order chi connectivity index (χ0) is 11.4. The largest absolute Gasteiger partial charge is 0.312 e. The smallest absolute Gasteiger partial charge is 0.269 e. The third kappa shape index (κ3) is 2.40. The van der Waals surface area contributed by atoms with Gasteiger partial charge in [0.2, 0.25) is 5.91 Å². The maximum absolute atomic E-state index is 11.2. The predicted octanol–water partition coefficient (Wildman–Crippen LogP) is 1.74. The number of hydrogen-bond donors (Lipinski definition) is 0. The van der Waals surface area contributed by atoms with E-state index in [1.165, 1.54) is 35.2 Å². The number of nitrogens with zero attached hydrogens (tertiary/aromatic N) is 2. The van der Waals surface area contributed by atoms with Crippen molar-refractivity contribution in [1.29, 1.82) is 0 Å². The molecule has 0 heterocycles. The van der Waals surface area contributed by atoms with Gasteiger partial charge in [-0.05, 0) is 18.2 Å². The Balaban J connectivity index is 2.93. The normalized spacial score (nSPS) is 9.40. The van der Waals surface area contributed by atoms with Crippen LogP contribution < -0.4 is 4.90 Å². The monoisotopic (exact) mass is 206 g/mol. The molecule has 0 aliphatic rings. The van der Waals surface area contributed by atoms with Gasteiger partial charge in [-0.25, -0.2) is 0 Å². The summed E-state index contributed by atoms with van der Waals surface area (Å²) in [6.07, 6.45) is 1.18. The van der Waals surface area contributed by atoms with Gasteiger partial charge in [0, 0.05) is 24.9 Å². The van der Waals surface area contributed by atoms with Gasteiger partial charge in [-0.15, -0.1) is 0 Å². The maximum Gasteiger partial charge on any atom is 0.269 e. The molecule has 1 rings (SSSR count). The number of benzene rings is 1. The highest BCUT2D eigenvalue weighted by atomic mass is 16.6. The van der Waals surface area contributed by atoms with Crippen molar-refractivity contribution >= 4 is 17.3 Å². The lowest BCUT2D eigenvalue weighted by Gasteiger charge is -2.14. The van der Waals surface area contributed by atoms with Gasteiger partial charge in [0.15, 0.2) is 0 Å². The second kappa shape index (κ2) is 4.36. The summed E-state index contributed by atoms with van der Waals surface area (Å²) in [6, 6.07) is 5.73. The summed E-state index contributed by atoms with van der Waals surface area (Å²) in [4.78, 5) is 22.5. The van der Waals surface area contributed by atoms with Crippen LogP contribution in [0.4, 0.5) is 11.4 Å². The minimum absolute atomic E-state index is 0.00166. The number of anilines is 1. The van der Waals surface area contributed by atoms with Gasteiger partial charge in [-0.3, -0.25) is 14.9 Å². The third-order valence-corrected chi connectivity index (χ3v) is 1.95. The van der Waals surface area contributed by atoms with E-state index in [1.807, 2.05) is 0 Å². The lowest BCUT2D eigenvalue weighted by atomic mass is 10.2. The number of amides is 1. The molecule has 0 saturated carbocycles. The Labute approximate surface area is 86.8 Å². The average Bonchev–Trinajstić information content (AvgIpc) is 2.27. The van der Waals surface area contributed by atoms with Crippen molar-refractivity contribution in [3.63, 3.8) is 0 Å². The number of nitro benzene ring substituents is 1. The number of nitro groups is 1. The Morgan fingerprint density at radius 2 is 2.00 bits per heavy atom. The second-order valence-corrected chi connectivity index (χ2v) is 2.87. The van der Waals surface area contributed by atoms with Crippen molar-refractivity contribution in [3.05, 3.63) is 47.0 Å². The molecule has 0 atom stereocenters. The van der Waals surface area contributed by atoms with E-state index in [9.17, 15) is 14.9 Å². The number of likely N-dealkylation sites (N-methyl/N-ethyl adjacent to an activating group) is 1. The van der Waals surface area contributed by atoms with E-state index in [0.29, 0.717) is 5.69 Å². The standard InChI is InChI=1S/C10H10N2O3/c1-3-10(13)11(2)8-4-6-9(7-5-8)12(14)15/h3-7H,1H2,2H3. The lowest BCUT2D eigenvalue weighted by molar-refractivity contribution is -0.384. The van der Waals surface area contributed by atoms with Crippen LogP contribution in [0.3, 0.4) is 0 Å². The van der Waals surface area contributed by atoms with Crippen molar-refractivity contribution in [2.75, 3.05) is 11.9 Å². The molecule has 1 aromatic rings. The van der Waals surface area contributed by atoms with E-state index >= 15 is 0 Å². The van der Waals surface area contributed by atoms with Crippen LogP contribution in [0.5, 0.6) is 0 Å². The number of carbonyl (C=O) groups excluding carboxylic acids is 1. The highest BCUT2D eigenvalue weighted by molar-refractivity contribution is 6.00. The van der Waals surface area contributed by atoms with E-state index < -0.39 is 4.92 Å². The maximum atomic E-state index is 11.2. The minimum Gasteiger partial charge on any atom is -0.312 e. The van der Waals surface area contributed by atoms with Gasteiger partial charge in [-0.2, -0.15) is 0 Å². The third-order valence-electron chi connectivity index (χ3n) is 1.95. The van der Waals surface area contributed by atoms with Gasteiger partial charge in [0.1, 0.15) is 0 Å². The second-order valence-electron chi connectivity index (χ2n) is 2.87. The lowest BCUT2D eigenvalue weighted by Crippen LogP contribution is -2.23. The molecule has 15 heavy (non-hydrogen) atoms. The zero-order valence-electron chi connectivity index (χ0n) is 8.21. The van der Waals surface area contributed by atoms with Crippen LogP contribution >= 0.6 is 0 Å². The molecular weight excluding hydrogens is 196 g/mol. The highest BCUT2D eigenvalue weighted by Crippen LogP contribution is 2.18. The summed E-state index contributed by atoms with van der Waals surface area (Å²) in [5.74, 6) is -0.260. The van der Waals surface area contributed by atoms with Crippen molar-refractivity contribution in [2.45, 2.75) is 0 Å². The SMILES string of the molecule is C=CC(=O)N(C)c1ccc([N+](=O)[O-])cc1. The molecule has 78 valence electrons. The molecule has 0 aliphatic carbocycles. The molecule has 0 unspecified atom stereocenters. The van der Waals surface area contributed by atoms with Crippen molar-refractivity contribution in [1.82, 2.24) is 0 Å². The van der Waals surface area contributed by atoms with Crippen LogP contribution in [0.25, 0.3) is 0 Å². The van der Waals surface area contributed by atoms with Gasteiger partial charge in [0.25, 0.3) is 5.69 Å². The average molecular weight is 206 g/mol. The zero-order valence-corrected chi connectivity index (χ0v) is 8.21. The molecule has 0 saturated heterocycles. The van der Waals surface area contributed by atoms with Crippen LogP contribution in [-0.4, -0.2) is 17.9 Å². The molecule has 0 N–H and O–H groups in total. The molecule has 0 spiro atoms. The first-order valence-electron chi connectivity index (χ1n) is 4.21. The van der Waals surface area contributed by atoms with Crippen LogP contribution in [-0.2, 0) is 4.79 Å². The Kier molecular flexibility index (Phi) is 3.17. The summed E-state index contributed by atoms with van der Waals surface area (Å²) in [5.41, 5.74) is 0.587. The van der Waals surface area contributed by atoms with Gasteiger partial charge in [0.05, 0.1) is 4.92 Å². The summed E-state index contributed by atoms with van der Waals surface area (Å²) in [6.45, 7) is 3.35. The molecule has 5 heteroatoms. The van der Waals surface area contributed by atoms with Crippen LogP contribution in [0.2, 0.25) is 0 Å². The molecule has 0 aliphatic heterocycles. The first-order chi connectivity index (χ1) is 7.06. The molecule has 0 radical (unpaired) electrons.